The van der Waals surface area contributed by atoms with Gasteiger partial charge in [-0.2, -0.15) is 0 Å². The van der Waals surface area contributed by atoms with E-state index in [0.29, 0.717) is 12.6 Å². The molecule has 2 amide bonds. The number of aliphatic hydroxyl groups is 1. The van der Waals surface area contributed by atoms with Crippen LogP contribution in [0.2, 0.25) is 0 Å². The Hall–Kier alpha value is -1.18. The van der Waals surface area contributed by atoms with Crippen molar-refractivity contribution in [2.24, 2.45) is 11.8 Å². The standard InChI is InChI=1S/C14H27N3O4/c1-15-9-16-14(20)12(7-18)17-13(19)11-5-3-10(4-6-11)8-21-2/h10-12,15,18H,3-9H2,1-2H3,(H,16,20)(H,17,19). The molecule has 4 N–H and O–H groups in total. The minimum Gasteiger partial charge on any atom is -0.394 e. The summed E-state index contributed by atoms with van der Waals surface area (Å²) < 4.78 is 5.14. The number of ether oxygens (including phenoxy) is 1. The molecule has 0 aromatic heterocycles. The molecule has 1 atom stereocenters. The van der Waals surface area contributed by atoms with Crippen LogP contribution in [0, 0.1) is 11.8 Å². The van der Waals surface area contributed by atoms with Gasteiger partial charge in [-0.1, -0.05) is 0 Å². The van der Waals surface area contributed by atoms with Gasteiger partial charge in [0.2, 0.25) is 11.8 Å². The van der Waals surface area contributed by atoms with Gasteiger partial charge in [0.05, 0.1) is 13.3 Å². The van der Waals surface area contributed by atoms with Crippen molar-refractivity contribution >= 4 is 11.8 Å². The van der Waals surface area contributed by atoms with Crippen LogP contribution >= 0.6 is 0 Å². The summed E-state index contributed by atoms with van der Waals surface area (Å²) in [4.78, 5) is 23.9. The zero-order valence-corrected chi connectivity index (χ0v) is 12.9. The number of aliphatic hydroxyl groups excluding tert-OH is 1. The summed E-state index contributed by atoms with van der Waals surface area (Å²) in [5, 5.41) is 17.2. The fourth-order valence-electron chi connectivity index (χ4n) is 2.61. The molecule has 1 aliphatic rings. The molecule has 0 saturated heterocycles. The van der Waals surface area contributed by atoms with E-state index in [1.165, 1.54) is 0 Å². The fourth-order valence-corrected chi connectivity index (χ4v) is 2.61. The Labute approximate surface area is 125 Å². The second kappa shape index (κ2) is 9.70. The first-order valence-electron chi connectivity index (χ1n) is 7.44. The van der Waals surface area contributed by atoms with E-state index in [1.807, 2.05) is 0 Å². The van der Waals surface area contributed by atoms with Gasteiger partial charge in [-0.25, -0.2) is 0 Å². The van der Waals surface area contributed by atoms with E-state index in [0.717, 1.165) is 32.3 Å². The van der Waals surface area contributed by atoms with E-state index < -0.39 is 12.6 Å². The Morgan fingerprint density at radius 2 is 1.95 bits per heavy atom. The maximum Gasteiger partial charge on any atom is 0.245 e. The summed E-state index contributed by atoms with van der Waals surface area (Å²) in [6.45, 7) is 0.633. The molecular weight excluding hydrogens is 274 g/mol. The number of hydrogen-bond donors (Lipinski definition) is 4. The zero-order valence-electron chi connectivity index (χ0n) is 12.9. The third-order valence-corrected chi connectivity index (χ3v) is 3.87. The monoisotopic (exact) mass is 301 g/mol. The Bertz CT molecular complexity index is 330. The second-order valence-corrected chi connectivity index (χ2v) is 5.49. The molecule has 1 aliphatic carbocycles. The van der Waals surface area contributed by atoms with Gasteiger partial charge in [0.25, 0.3) is 0 Å². The largest absolute Gasteiger partial charge is 0.394 e. The van der Waals surface area contributed by atoms with Crippen molar-refractivity contribution in [3.05, 3.63) is 0 Å². The third-order valence-electron chi connectivity index (χ3n) is 3.87. The van der Waals surface area contributed by atoms with E-state index in [-0.39, 0.29) is 17.7 Å². The maximum atomic E-state index is 12.2. The van der Waals surface area contributed by atoms with Crippen molar-refractivity contribution in [2.75, 3.05) is 34.0 Å². The highest BCUT2D eigenvalue weighted by Crippen LogP contribution is 2.29. The Morgan fingerprint density at radius 1 is 1.29 bits per heavy atom. The predicted molar refractivity (Wildman–Crippen MR) is 78.4 cm³/mol. The van der Waals surface area contributed by atoms with E-state index in [2.05, 4.69) is 16.0 Å². The highest BCUT2D eigenvalue weighted by Gasteiger charge is 2.29. The summed E-state index contributed by atoms with van der Waals surface area (Å²) in [5.41, 5.74) is 0. The molecule has 7 heteroatoms. The van der Waals surface area contributed by atoms with Crippen molar-refractivity contribution in [2.45, 2.75) is 31.7 Å². The lowest BCUT2D eigenvalue weighted by Gasteiger charge is -2.28. The van der Waals surface area contributed by atoms with Gasteiger partial charge in [0.1, 0.15) is 6.04 Å². The number of carbonyl (C=O) groups is 2. The van der Waals surface area contributed by atoms with Crippen LogP contribution in [0.25, 0.3) is 0 Å². The molecule has 1 rings (SSSR count). The third kappa shape index (κ3) is 5.99. The summed E-state index contributed by atoms with van der Waals surface area (Å²) in [5.74, 6) is -0.0892. The van der Waals surface area contributed by atoms with Crippen LogP contribution in [0.5, 0.6) is 0 Å². The van der Waals surface area contributed by atoms with Gasteiger partial charge in [0, 0.05) is 19.6 Å². The van der Waals surface area contributed by atoms with Crippen LogP contribution in [-0.2, 0) is 14.3 Å². The minimum absolute atomic E-state index is 0.0794. The average molecular weight is 301 g/mol. The maximum absolute atomic E-state index is 12.2. The summed E-state index contributed by atoms with van der Waals surface area (Å²) in [6, 6.07) is -0.887. The number of rotatable bonds is 8. The first kappa shape index (κ1) is 17.9. The highest BCUT2D eigenvalue weighted by atomic mass is 16.5. The average Bonchev–Trinajstić information content (AvgIpc) is 2.51. The van der Waals surface area contributed by atoms with Crippen molar-refractivity contribution in [1.29, 1.82) is 0 Å². The molecule has 0 heterocycles. The van der Waals surface area contributed by atoms with E-state index in [9.17, 15) is 14.7 Å². The van der Waals surface area contributed by atoms with Crippen molar-refractivity contribution < 1.29 is 19.4 Å². The van der Waals surface area contributed by atoms with Crippen molar-refractivity contribution in [1.82, 2.24) is 16.0 Å². The molecule has 0 radical (unpaired) electrons. The molecule has 1 fully saturated rings. The lowest BCUT2D eigenvalue weighted by molar-refractivity contribution is -0.132. The highest BCUT2D eigenvalue weighted by molar-refractivity contribution is 5.88. The van der Waals surface area contributed by atoms with E-state index >= 15 is 0 Å². The first-order valence-corrected chi connectivity index (χ1v) is 7.44. The molecule has 0 aromatic carbocycles. The number of carbonyl (C=O) groups excluding carboxylic acids is 2. The molecule has 0 bridgehead atoms. The normalized spacial score (nSPS) is 23.4. The lowest BCUT2D eigenvalue weighted by Crippen LogP contribution is -2.52. The SMILES string of the molecule is CNCNC(=O)C(CO)NC(=O)C1CCC(COC)CC1. The molecule has 0 spiro atoms. The first-order chi connectivity index (χ1) is 10.1. The fraction of sp³-hybridized carbons (Fsp3) is 0.857. The number of methoxy groups -OCH3 is 1. The molecule has 0 aliphatic heterocycles. The van der Waals surface area contributed by atoms with Gasteiger partial charge < -0.3 is 25.8 Å². The molecular formula is C14H27N3O4. The van der Waals surface area contributed by atoms with E-state index in [4.69, 9.17) is 4.74 Å². The van der Waals surface area contributed by atoms with Crippen LogP contribution < -0.4 is 16.0 Å². The molecule has 0 aromatic rings. The van der Waals surface area contributed by atoms with Gasteiger partial charge >= 0.3 is 0 Å². The van der Waals surface area contributed by atoms with Crippen molar-refractivity contribution in [3.63, 3.8) is 0 Å². The van der Waals surface area contributed by atoms with Crippen LogP contribution in [0.1, 0.15) is 25.7 Å². The summed E-state index contributed by atoms with van der Waals surface area (Å²) >= 11 is 0. The number of nitrogens with one attached hydrogen (secondary N) is 3. The summed E-state index contributed by atoms with van der Waals surface area (Å²) in [7, 11) is 3.39. The molecule has 1 unspecified atom stereocenters. The predicted octanol–water partition coefficient (Wildman–Crippen LogP) is -0.791. The molecule has 122 valence electrons. The molecule has 1 saturated carbocycles. The van der Waals surface area contributed by atoms with Crippen molar-refractivity contribution in [3.8, 4) is 0 Å². The topological polar surface area (TPSA) is 99.7 Å². The smallest absolute Gasteiger partial charge is 0.245 e. The van der Waals surface area contributed by atoms with Gasteiger partial charge in [-0.15, -0.1) is 0 Å². The number of hydrogen-bond acceptors (Lipinski definition) is 5. The Morgan fingerprint density at radius 3 is 2.48 bits per heavy atom. The lowest BCUT2D eigenvalue weighted by atomic mass is 9.82. The Kier molecular flexibility index (Phi) is 8.26. The Balaban J connectivity index is 2.39. The molecule has 7 nitrogen and oxygen atoms in total. The van der Waals surface area contributed by atoms with Gasteiger partial charge in [-0.05, 0) is 38.6 Å². The second-order valence-electron chi connectivity index (χ2n) is 5.49. The van der Waals surface area contributed by atoms with Gasteiger partial charge in [0.15, 0.2) is 0 Å². The van der Waals surface area contributed by atoms with Crippen LogP contribution in [0.15, 0.2) is 0 Å². The van der Waals surface area contributed by atoms with Crippen LogP contribution in [0.4, 0.5) is 0 Å². The quantitative estimate of drug-likeness (QED) is 0.440. The zero-order chi connectivity index (χ0) is 15.7. The molecule has 21 heavy (non-hydrogen) atoms. The summed E-state index contributed by atoms with van der Waals surface area (Å²) in [6.07, 6.45) is 3.52. The van der Waals surface area contributed by atoms with Crippen LogP contribution in [-0.4, -0.2) is 57.0 Å². The van der Waals surface area contributed by atoms with E-state index in [1.54, 1.807) is 14.2 Å². The minimum atomic E-state index is -0.887. The number of amides is 2. The van der Waals surface area contributed by atoms with Crippen LogP contribution in [0.3, 0.4) is 0 Å². The van der Waals surface area contributed by atoms with Gasteiger partial charge in [-0.3, -0.25) is 9.59 Å².